The smallest absolute Gasteiger partial charge is 0.327 e. The molecule has 0 amide bonds. The molecule has 0 saturated carbocycles. The summed E-state index contributed by atoms with van der Waals surface area (Å²) in [5, 5.41) is 9.38. The van der Waals surface area contributed by atoms with E-state index in [2.05, 4.69) is 23.1 Å². The number of rotatable bonds is 2. The van der Waals surface area contributed by atoms with E-state index in [0.717, 1.165) is 24.3 Å². The Morgan fingerprint density at radius 3 is 2.72 bits per heavy atom. The van der Waals surface area contributed by atoms with E-state index in [1.54, 1.807) is 0 Å². The van der Waals surface area contributed by atoms with E-state index >= 15 is 0 Å². The summed E-state index contributed by atoms with van der Waals surface area (Å²) in [5.74, 6) is -0.748. The first-order chi connectivity index (χ1) is 8.49. The van der Waals surface area contributed by atoms with Crippen LogP contribution >= 0.6 is 0 Å². The van der Waals surface area contributed by atoms with Gasteiger partial charge in [-0.05, 0) is 38.1 Å². The summed E-state index contributed by atoms with van der Waals surface area (Å²) in [5.41, 5.74) is 3.35. The summed E-state index contributed by atoms with van der Waals surface area (Å²) < 4.78 is 0. The number of likely N-dealkylation sites (N-methyl/N-ethyl adjacent to an activating group) is 1. The Morgan fingerprint density at radius 2 is 2.06 bits per heavy atom. The van der Waals surface area contributed by atoms with Crippen LogP contribution in [0.4, 0.5) is 5.69 Å². The van der Waals surface area contributed by atoms with Gasteiger partial charge in [-0.3, -0.25) is 0 Å². The lowest BCUT2D eigenvalue weighted by molar-refractivity contribution is -0.139. The number of carboxylic acid groups (broad SMARTS) is 1. The number of carbonyl (C=O) groups is 1. The molecule has 0 spiro atoms. The fourth-order valence-corrected chi connectivity index (χ4v) is 2.45. The number of aliphatic carboxylic acids is 1. The molecule has 0 aliphatic carbocycles. The van der Waals surface area contributed by atoms with Crippen LogP contribution in [0.3, 0.4) is 0 Å². The predicted octanol–water partition coefficient (Wildman–Crippen LogP) is 1.51. The molecule has 1 saturated heterocycles. The summed E-state index contributed by atoms with van der Waals surface area (Å²) in [4.78, 5) is 15.5. The van der Waals surface area contributed by atoms with Crippen LogP contribution in [0.25, 0.3) is 0 Å². The molecule has 2 rings (SSSR count). The van der Waals surface area contributed by atoms with E-state index in [4.69, 9.17) is 0 Å². The van der Waals surface area contributed by atoms with Crippen LogP contribution in [0.2, 0.25) is 0 Å². The van der Waals surface area contributed by atoms with Gasteiger partial charge in [0.25, 0.3) is 0 Å². The summed E-state index contributed by atoms with van der Waals surface area (Å²) in [7, 11) is 1.97. The van der Waals surface area contributed by atoms with E-state index in [9.17, 15) is 9.90 Å². The second kappa shape index (κ2) is 4.98. The standard InChI is InChI=1S/C14H20N2O2/c1-10-4-5-11(2)12(8-10)16-7-6-15(3)9-13(16)14(17)18/h4-5,8,13H,6-7,9H2,1-3H3,(H,17,18). The van der Waals surface area contributed by atoms with Crippen molar-refractivity contribution in [1.29, 1.82) is 0 Å². The summed E-state index contributed by atoms with van der Waals surface area (Å²) in [6.45, 7) is 6.30. The molecule has 0 radical (unpaired) electrons. The zero-order valence-corrected chi connectivity index (χ0v) is 11.2. The molecule has 1 atom stereocenters. The number of hydrogen-bond donors (Lipinski definition) is 1. The number of anilines is 1. The summed E-state index contributed by atoms with van der Waals surface area (Å²) >= 11 is 0. The molecule has 1 heterocycles. The number of hydrogen-bond acceptors (Lipinski definition) is 3. The zero-order chi connectivity index (χ0) is 13.3. The van der Waals surface area contributed by atoms with Gasteiger partial charge in [-0.2, -0.15) is 0 Å². The van der Waals surface area contributed by atoms with Crippen molar-refractivity contribution in [2.75, 3.05) is 31.6 Å². The highest BCUT2D eigenvalue weighted by atomic mass is 16.4. The Labute approximate surface area is 108 Å². The minimum absolute atomic E-state index is 0.454. The topological polar surface area (TPSA) is 43.8 Å². The van der Waals surface area contributed by atoms with Gasteiger partial charge in [0.1, 0.15) is 6.04 Å². The molecule has 4 heteroatoms. The maximum absolute atomic E-state index is 11.4. The average Bonchev–Trinajstić information content (AvgIpc) is 2.32. The number of aryl methyl sites for hydroxylation is 2. The van der Waals surface area contributed by atoms with Gasteiger partial charge in [-0.25, -0.2) is 4.79 Å². The Kier molecular flexibility index (Phi) is 3.57. The molecular weight excluding hydrogens is 228 g/mol. The Balaban J connectivity index is 2.35. The maximum atomic E-state index is 11.4. The highest BCUT2D eigenvalue weighted by Gasteiger charge is 2.31. The van der Waals surface area contributed by atoms with Crippen molar-refractivity contribution < 1.29 is 9.90 Å². The Morgan fingerprint density at radius 1 is 1.33 bits per heavy atom. The molecule has 1 unspecified atom stereocenters. The van der Waals surface area contributed by atoms with Crippen molar-refractivity contribution >= 4 is 11.7 Å². The highest BCUT2D eigenvalue weighted by Crippen LogP contribution is 2.25. The van der Waals surface area contributed by atoms with Crippen LogP contribution in [-0.2, 0) is 4.79 Å². The van der Waals surface area contributed by atoms with Crippen molar-refractivity contribution in [3.05, 3.63) is 29.3 Å². The largest absolute Gasteiger partial charge is 0.480 e. The molecule has 1 aromatic carbocycles. The lowest BCUT2D eigenvalue weighted by atomic mass is 10.1. The van der Waals surface area contributed by atoms with Gasteiger partial charge in [0.05, 0.1) is 0 Å². The molecule has 98 valence electrons. The Bertz CT molecular complexity index is 459. The fraction of sp³-hybridized carbons (Fsp3) is 0.500. The van der Waals surface area contributed by atoms with E-state index in [-0.39, 0.29) is 0 Å². The molecule has 1 aromatic rings. The molecule has 0 bridgehead atoms. The molecule has 0 aromatic heterocycles. The van der Waals surface area contributed by atoms with E-state index in [1.807, 2.05) is 25.8 Å². The first-order valence-electron chi connectivity index (χ1n) is 6.24. The Hall–Kier alpha value is -1.55. The molecule has 1 fully saturated rings. The normalized spacial score (nSPS) is 21.1. The monoisotopic (exact) mass is 248 g/mol. The van der Waals surface area contributed by atoms with Crippen LogP contribution in [0.1, 0.15) is 11.1 Å². The maximum Gasteiger partial charge on any atom is 0.327 e. The van der Waals surface area contributed by atoms with E-state index < -0.39 is 12.0 Å². The third-order valence-corrected chi connectivity index (χ3v) is 3.54. The van der Waals surface area contributed by atoms with Gasteiger partial charge in [-0.1, -0.05) is 12.1 Å². The van der Waals surface area contributed by atoms with Crippen LogP contribution < -0.4 is 4.90 Å². The molecule has 18 heavy (non-hydrogen) atoms. The highest BCUT2D eigenvalue weighted by molar-refractivity contribution is 5.79. The number of carboxylic acids is 1. The first kappa shape index (κ1) is 12.9. The van der Waals surface area contributed by atoms with Crippen LogP contribution in [0, 0.1) is 13.8 Å². The second-order valence-electron chi connectivity index (χ2n) is 5.10. The molecule has 4 nitrogen and oxygen atoms in total. The summed E-state index contributed by atoms with van der Waals surface area (Å²) in [6, 6.07) is 5.74. The van der Waals surface area contributed by atoms with Crippen LogP contribution in [-0.4, -0.2) is 48.7 Å². The third kappa shape index (κ3) is 2.48. The van der Waals surface area contributed by atoms with Crippen molar-refractivity contribution in [3.63, 3.8) is 0 Å². The number of benzene rings is 1. The van der Waals surface area contributed by atoms with Crippen molar-refractivity contribution in [2.45, 2.75) is 19.9 Å². The van der Waals surface area contributed by atoms with E-state index in [1.165, 1.54) is 5.56 Å². The fourth-order valence-electron chi connectivity index (χ4n) is 2.45. The van der Waals surface area contributed by atoms with Gasteiger partial charge < -0.3 is 14.9 Å². The minimum Gasteiger partial charge on any atom is -0.480 e. The van der Waals surface area contributed by atoms with Crippen LogP contribution in [0.5, 0.6) is 0 Å². The van der Waals surface area contributed by atoms with E-state index in [0.29, 0.717) is 6.54 Å². The van der Waals surface area contributed by atoms with Crippen molar-refractivity contribution in [1.82, 2.24) is 4.90 Å². The molecule has 1 aliphatic heterocycles. The zero-order valence-electron chi connectivity index (χ0n) is 11.2. The van der Waals surface area contributed by atoms with Crippen molar-refractivity contribution in [2.24, 2.45) is 0 Å². The third-order valence-electron chi connectivity index (χ3n) is 3.54. The van der Waals surface area contributed by atoms with Crippen LogP contribution in [0.15, 0.2) is 18.2 Å². The first-order valence-corrected chi connectivity index (χ1v) is 6.24. The van der Waals surface area contributed by atoms with Gasteiger partial charge in [-0.15, -0.1) is 0 Å². The SMILES string of the molecule is Cc1ccc(C)c(N2CCN(C)CC2C(=O)O)c1. The second-order valence-corrected chi connectivity index (χ2v) is 5.10. The lowest BCUT2D eigenvalue weighted by Gasteiger charge is -2.40. The van der Waals surface area contributed by atoms with Gasteiger partial charge in [0, 0.05) is 25.3 Å². The van der Waals surface area contributed by atoms with Gasteiger partial charge in [0.2, 0.25) is 0 Å². The molecule has 1 aliphatic rings. The predicted molar refractivity (Wildman–Crippen MR) is 72.2 cm³/mol. The quantitative estimate of drug-likeness (QED) is 0.861. The number of nitrogens with zero attached hydrogens (tertiary/aromatic N) is 2. The lowest BCUT2D eigenvalue weighted by Crippen LogP contribution is -2.55. The summed E-state index contributed by atoms with van der Waals surface area (Å²) in [6.07, 6.45) is 0. The minimum atomic E-state index is -0.748. The molecule has 1 N–H and O–H groups in total. The van der Waals surface area contributed by atoms with Crippen molar-refractivity contribution in [3.8, 4) is 0 Å². The molecular formula is C14H20N2O2. The average molecular weight is 248 g/mol. The van der Waals surface area contributed by atoms with Gasteiger partial charge in [0.15, 0.2) is 0 Å². The van der Waals surface area contributed by atoms with Gasteiger partial charge >= 0.3 is 5.97 Å². The number of piperazine rings is 1.